The van der Waals surface area contributed by atoms with Crippen molar-refractivity contribution in [2.24, 2.45) is 0 Å². The van der Waals surface area contributed by atoms with Crippen LogP contribution >= 0.6 is 0 Å². The number of likely N-dealkylation sites (tertiary alicyclic amines) is 1. The molecule has 1 saturated heterocycles. The van der Waals surface area contributed by atoms with Gasteiger partial charge < -0.3 is 10.2 Å². The van der Waals surface area contributed by atoms with Gasteiger partial charge in [-0.3, -0.25) is 9.59 Å². The molecule has 3 aromatic rings. The fourth-order valence-corrected chi connectivity index (χ4v) is 3.27. The summed E-state index contributed by atoms with van der Waals surface area (Å²) in [7, 11) is 0. The molecule has 0 saturated carbocycles. The molecule has 7 heteroatoms. The standard InChI is InChI=1S/C19H19N5O2/c25-18(13-24-17-9-5-4-8-16(17)21-22-24)20-15-10-19(26)23(12-15)11-14-6-2-1-3-7-14/h1-9,15H,10-13H2,(H,20,25)/t15-/m1/s1. The lowest BCUT2D eigenvalue weighted by atomic mass is 10.2. The van der Waals surface area contributed by atoms with Gasteiger partial charge in [-0.25, -0.2) is 4.68 Å². The maximum absolute atomic E-state index is 12.4. The Hall–Kier alpha value is -3.22. The van der Waals surface area contributed by atoms with E-state index in [9.17, 15) is 9.59 Å². The van der Waals surface area contributed by atoms with Gasteiger partial charge in [0, 0.05) is 19.5 Å². The molecular weight excluding hydrogens is 330 g/mol. The van der Waals surface area contributed by atoms with Crippen LogP contribution in [0.2, 0.25) is 0 Å². The zero-order valence-electron chi connectivity index (χ0n) is 14.2. The largest absolute Gasteiger partial charge is 0.349 e. The summed E-state index contributed by atoms with van der Waals surface area (Å²) in [6.45, 7) is 1.18. The minimum Gasteiger partial charge on any atom is -0.349 e. The summed E-state index contributed by atoms with van der Waals surface area (Å²) in [6.07, 6.45) is 0.330. The Balaban J connectivity index is 1.35. The van der Waals surface area contributed by atoms with E-state index in [1.54, 1.807) is 9.58 Å². The molecule has 132 valence electrons. The Kier molecular flexibility index (Phi) is 4.35. The van der Waals surface area contributed by atoms with Crippen LogP contribution < -0.4 is 5.32 Å². The number of aromatic nitrogens is 3. The predicted octanol–water partition coefficient (Wildman–Crippen LogP) is 1.35. The number of fused-ring (bicyclic) bond motifs is 1. The Morgan fingerprint density at radius 2 is 1.88 bits per heavy atom. The maximum atomic E-state index is 12.4. The minimum atomic E-state index is -0.173. The minimum absolute atomic E-state index is 0.0605. The lowest BCUT2D eigenvalue weighted by Crippen LogP contribution is -2.39. The quantitative estimate of drug-likeness (QED) is 0.754. The zero-order chi connectivity index (χ0) is 17.9. The third-order valence-corrected chi connectivity index (χ3v) is 4.51. The molecule has 1 fully saturated rings. The third kappa shape index (κ3) is 3.42. The molecule has 0 aliphatic carbocycles. The number of nitrogens with one attached hydrogen (secondary N) is 1. The number of carbonyl (C=O) groups is 2. The summed E-state index contributed by atoms with van der Waals surface area (Å²) in [5, 5.41) is 11.0. The molecule has 1 N–H and O–H groups in total. The molecule has 1 atom stereocenters. The topological polar surface area (TPSA) is 80.1 Å². The van der Waals surface area contributed by atoms with Crippen molar-refractivity contribution in [3.05, 3.63) is 60.2 Å². The van der Waals surface area contributed by atoms with Gasteiger partial charge in [-0.05, 0) is 17.7 Å². The molecule has 26 heavy (non-hydrogen) atoms. The lowest BCUT2D eigenvalue weighted by Gasteiger charge is -2.17. The van der Waals surface area contributed by atoms with Crippen LogP contribution in [0.15, 0.2) is 54.6 Å². The second-order valence-electron chi connectivity index (χ2n) is 6.46. The molecule has 7 nitrogen and oxygen atoms in total. The van der Waals surface area contributed by atoms with Gasteiger partial charge in [-0.15, -0.1) is 5.10 Å². The molecule has 0 radical (unpaired) electrons. The molecule has 4 rings (SSSR count). The maximum Gasteiger partial charge on any atom is 0.242 e. The average molecular weight is 349 g/mol. The highest BCUT2D eigenvalue weighted by Crippen LogP contribution is 2.15. The first-order valence-corrected chi connectivity index (χ1v) is 8.58. The molecule has 0 bridgehead atoms. The van der Waals surface area contributed by atoms with E-state index < -0.39 is 0 Å². The number of hydrogen-bond acceptors (Lipinski definition) is 4. The SMILES string of the molecule is O=C(Cn1nnc2ccccc21)N[C@@H]1CC(=O)N(Cc2ccccc2)C1. The van der Waals surface area contributed by atoms with E-state index in [4.69, 9.17) is 0 Å². The van der Waals surface area contributed by atoms with Crippen molar-refractivity contribution in [2.75, 3.05) is 6.54 Å². The predicted molar refractivity (Wildman–Crippen MR) is 95.9 cm³/mol. The number of benzene rings is 2. The van der Waals surface area contributed by atoms with Gasteiger partial charge in [0.1, 0.15) is 12.1 Å². The first-order valence-electron chi connectivity index (χ1n) is 8.58. The fraction of sp³-hybridized carbons (Fsp3) is 0.263. The first-order chi connectivity index (χ1) is 12.7. The molecule has 1 aliphatic heterocycles. The van der Waals surface area contributed by atoms with E-state index in [2.05, 4.69) is 15.6 Å². The molecule has 0 spiro atoms. The molecule has 2 heterocycles. The van der Waals surface area contributed by atoms with E-state index in [1.807, 2.05) is 54.6 Å². The van der Waals surface area contributed by atoms with E-state index in [0.717, 1.165) is 16.6 Å². The number of carbonyl (C=O) groups excluding carboxylic acids is 2. The van der Waals surface area contributed by atoms with Crippen LogP contribution in [0.1, 0.15) is 12.0 Å². The highest BCUT2D eigenvalue weighted by molar-refractivity contribution is 5.83. The van der Waals surface area contributed by atoms with Crippen LogP contribution in [0.5, 0.6) is 0 Å². The molecule has 0 unspecified atom stereocenters. The fourth-order valence-electron chi connectivity index (χ4n) is 3.27. The molecule has 1 aromatic heterocycles. The van der Waals surface area contributed by atoms with Gasteiger partial charge in [0.05, 0.1) is 11.6 Å². The van der Waals surface area contributed by atoms with Crippen LogP contribution in [0.3, 0.4) is 0 Å². The molecule has 1 aliphatic rings. The summed E-state index contributed by atoms with van der Waals surface area (Å²) >= 11 is 0. The van der Waals surface area contributed by atoms with Crippen molar-refractivity contribution >= 4 is 22.8 Å². The second-order valence-corrected chi connectivity index (χ2v) is 6.46. The van der Waals surface area contributed by atoms with Crippen molar-refractivity contribution in [3.8, 4) is 0 Å². The third-order valence-electron chi connectivity index (χ3n) is 4.51. The molecular formula is C19H19N5O2. The second kappa shape index (κ2) is 6.95. The van der Waals surface area contributed by atoms with E-state index in [-0.39, 0.29) is 24.4 Å². The van der Waals surface area contributed by atoms with Crippen LogP contribution in [-0.2, 0) is 22.7 Å². The van der Waals surface area contributed by atoms with E-state index in [0.29, 0.717) is 19.5 Å². The number of amides is 2. The van der Waals surface area contributed by atoms with E-state index >= 15 is 0 Å². The summed E-state index contributed by atoms with van der Waals surface area (Å²) < 4.78 is 1.57. The Morgan fingerprint density at radius 1 is 1.12 bits per heavy atom. The van der Waals surface area contributed by atoms with Crippen LogP contribution in [0.25, 0.3) is 11.0 Å². The van der Waals surface area contributed by atoms with Crippen molar-refractivity contribution in [1.82, 2.24) is 25.2 Å². The Morgan fingerprint density at radius 3 is 2.73 bits per heavy atom. The van der Waals surface area contributed by atoms with Crippen LogP contribution in [0, 0.1) is 0 Å². The normalized spacial score (nSPS) is 17.0. The molecule has 2 amide bonds. The smallest absolute Gasteiger partial charge is 0.242 e. The van der Waals surface area contributed by atoms with Gasteiger partial charge in [-0.1, -0.05) is 47.7 Å². The van der Waals surface area contributed by atoms with Gasteiger partial charge in [0.2, 0.25) is 11.8 Å². The summed E-state index contributed by atoms with van der Waals surface area (Å²) in [4.78, 5) is 26.3. The Labute approximate surface area is 150 Å². The number of rotatable bonds is 5. The number of para-hydroxylation sites is 1. The first kappa shape index (κ1) is 16.3. The van der Waals surface area contributed by atoms with Crippen molar-refractivity contribution in [1.29, 1.82) is 0 Å². The van der Waals surface area contributed by atoms with Crippen molar-refractivity contribution in [2.45, 2.75) is 25.6 Å². The number of nitrogens with zero attached hydrogens (tertiary/aromatic N) is 4. The van der Waals surface area contributed by atoms with Gasteiger partial charge in [0.25, 0.3) is 0 Å². The number of hydrogen-bond donors (Lipinski definition) is 1. The van der Waals surface area contributed by atoms with Crippen molar-refractivity contribution in [3.63, 3.8) is 0 Å². The van der Waals surface area contributed by atoms with Gasteiger partial charge in [-0.2, -0.15) is 0 Å². The zero-order valence-corrected chi connectivity index (χ0v) is 14.2. The summed E-state index contributed by atoms with van der Waals surface area (Å²) in [5.74, 6) is -0.106. The monoisotopic (exact) mass is 349 g/mol. The van der Waals surface area contributed by atoms with Gasteiger partial charge in [0.15, 0.2) is 0 Å². The molecule has 2 aromatic carbocycles. The summed E-state index contributed by atoms with van der Waals surface area (Å²) in [5.41, 5.74) is 2.66. The van der Waals surface area contributed by atoms with E-state index in [1.165, 1.54) is 0 Å². The Bertz CT molecular complexity index is 937. The van der Waals surface area contributed by atoms with Crippen LogP contribution in [0.4, 0.5) is 0 Å². The van der Waals surface area contributed by atoms with Gasteiger partial charge >= 0.3 is 0 Å². The lowest BCUT2D eigenvalue weighted by molar-refractivity contribution is -0.128. The highest BCUT2D eigenvalue weighted by atomic mass is 16.2. The van der Waals surface area contributed by atoms with Crippen molar-refractivity contribution < 1.29 is 9.59 Å². The average Bonchev–Trinajstić information content (AvgIpc) is 3.20. The summed E-state index contributed by atoms with van der Waals surface area (Å²) in [6, 6.07) is 17.2. The van der Waals surface area contributed by atoms with Crippen LogP contribution in [-0.4, -0.2) is 44.3 Å². The highest BCUT2D eigenvalue weighted by Gasteiger charge is 2.30.